The lowest BCUT2D eigenvalue weighted by Crippen LogP contribution is -2.36. The molecule has 0 aromatic rings. The van der Waals surface area contributed by atoms with Crippen LogP contribution in [0.3, 0.4) is 0 Å². The van der Waals surface area contributed by atoms with Crippen molar-refractivity contribution in [2.75, 3.05) is 37.7 Å². The van der Waals surface area contributed by atoms with Gasteiger partial charge in [0, 0.05) is 13.2 Å². The van der Waals surface area contributed by atoms with Crippen LogP contribution in [-0.2, 0) is 24.6 Å². The van der Waals surface area contributed by atoms with Crippen LogP contribution in [-0.4, -0.2) is 65.9 Å². The van der Waals surface area contributed by atoms with Crippen molar-refractivity contribution >= 4 is 19.9 Å². The lowest BCUT2D eigenvalue weighted by Gasteiger charge is -2.23. The van der Waals surface area contributed by atoms with E-state index in [9.17, 15) is 16.8 Å². The second-order valence-electron chi connectivity index (χ2n) is 5.64. The summed E-state index contributed by atoms with van der Waals surface area (Å²) in [6, 6.07) is 0. The molecule has 2 rings (SSSR count). The molecule has 2 fully saturated rings. The van der Waals surface area contributed by atoms with Gasteiger partial charge in [0.2, 0.25) is 10.0 Å². The van der Waals surface area contributed by atoms with Gasteiger partial charge in [-0.15, -0.1) is 0 Å². The van der Waals surface area contributed by atoms with E-state index in [-0.39, 0.29) is 24.0 Å². The molecule has 9 heteroatoms. The summed E-state index contributed by atoms with van der Waals surface area (Å²) in [7, 11) is -6.71. The Hall–Kier alpha value is -0.220. The lowest BCUT2D eigenvalue weighted by atomic mass is 10.1. The number of sulfone groups is 1. The maximum atomic E-state index is 12.0. The summed E-state index contributed by atoms with van der Waals surface area (Å²) in [5.41, 5.74) is 0. The molecule has 124 valence electrons. The monoisotopic (exact) mass is 340 g/mol. The molecule has 2 N–H and O–H groups in total. The third-order valence-electron chi connectivity index (χ3n) is 3.89. The predicted molar refractivity (Wildman–Crippen MR) is 80.4 cm³/mol. The van der Waals surface area contributed by atoms with E-state index in [1.165, 1.54) is 0 Å². The normalized spacial score (nSPS) is 27.0. The standard InChI is InChI=1S/C12H24N2O5S2/c15-20(16)9-4-12(10-20)21(17,18)14-5-1-8-19-11-2-6-13-7-3-11/h11-14H,1-10H2. The summed E-state index contributed by atoms with van der Waals surface area (Å²) in [4.78, 5) is 0. The van der Waals surface area contributed by atoms with Crippen molar-refractivity contribution in [2.24, 2.45) is 0 Å². The second-order valence-corrected chi connectivity index (χ2v) is 9.91. The molecule has 7 nitrogen and oxygen atoms in total. The Balaban J connectivity index is 1.63. The van der Waals surface area contributed by atoms with Crippen molar-refractivity contribution in [2.45, 2.75) is 37.0 Å². The molecule has 1 unspecified atom stereocenters. The summed E-state index contributed by atoms with van der Waals surface area (Å²) >= 11 is 0. The highest BCUT2D eigenvalue weighted by Gasteiger charge is 2.36. The summed E-state index contributed by atoms with van der Waals surface area (Å²) in [5, 5.41) is 2.46. The van der Waals surface area contributed by atoms with Crippen molar-refractivity contribution in [3.63, 3.8) is 0 Å². The largest absolute Gasteiger partial charge is 0.378 e. The van der Waals surface area contributed by atoms with Crippen LogP contribution >= 0.6 is 0 Å². The number of rotatable bonds is 7. The third kappa shape index (κ3) is 5.48. The molecule has 1 atom stereocenters. The quantitative estimate of drug-likeness (QED) is 0.592. The molecule has 2 aliphatic rings. The Labute approximate surface area is 126 Å². The zero-order chi connectivity index (χ0) is 15.3. The Morgan fingerprint density at radius 2 is 1.90 bits per heavy atom. The fourth-order valence-electron chi connectivity index (χ4n) is 2.62. The lowest BCUT2D eigenvalue weighted by molar-refractivity contribution is 0.0322. The Morgan fingerprint density at radius 1 is 1.19 bits per heavy atom. The van der Waals surface area contributed by atoms with Crippen LogP contribution < -0.4 is 10.0 Å². The first-order valence-corrected chi connectivity index (χ1v) is 10.8. The Bertz CT molecular complexity index is 526. The van der Waals surface area contributed by atoms with E-state index >= 15 is 0 Å². The van der Waals surface area contributed by atoms with Crippen LogP contribution in [0, 0.1) is 0 Å². The molecule has 0 aromatic heterocycles. The summed E-state index contributed by atoms with van der Waals surface area (Å²) in [6.07, 6.45) is 3.05. The van der Waals surface area contributed by atoms with Crippen LogP contribution in [0.5, 0.6) is 0 Å². The molecule has 0 aliphatic carbocycles. The van der Waals surface area contributed by atoms with Crippen LogP contribution in [0.2, 0.25) is 0 Å². The van der Waals surface area contributed by atoms with Crippen molar-refractivity contribution in [3.8, 4) is 0 Å². The number of piperidine rings is 1. The van der Waals surface area contributed by atoms with E-state index in [0.29, 0.717) is 19.6 Å². The molecule has 2 heterocycles. The highest BCUT2D eigenvalue weighted by atomic mass is 32.2. The number of sulfonamides is 1. The highest BCUT2D eigenvalue weighted by Crippen LogP contribution is 2.18. The predicted octanol–water partition coefficient (Wildman–Crippen LogP) is -0.748. The summed E-state index contributed by atoms with van der Waals surface area (Å²) < 4.78 is 54.7. The molecule has 0 radical (unpaired) electrons. The third-order valence-corrected chi connectivity index (χ3v) is 7.76. The fourth-order valence-corrected chi connectivity index (χ4v) is 6.75. The topological polar surface area (TPSA) is 102 Å². The van der Waals surface area contributed by atoms with E-state index in [1.807, 2.05) is 0 Å². The number of nitrogens with one attached hydrogen (secondary N) is 2. The number of hydrogen-bond acceptors (Lipinski definition) is 6. The maximum absolute atomic E-state index is 12.0. The van der Waals surface area contributed by atoms with Gasteiger partial charge in [-0.05, 0) is 38.8 Å². The van der Waals surface area contributed by atoms with Crippen molar-refractivity contribution in [1.29, 1.82) is 0 Å². The van der Waals surface area contributed by atoms with Crippen molar-refractivity contribution in [1.82, 2.24) is 10.0 Å². The molecule has 2 saturated heterocycles. The Morgan fingerprint density at radius 3 is 2.52 bits per heavy atom. The molecular formula is C12H24N2O5S2. The van der Waals surface area contributed by atoms with Gasteiger partial charge in [0.05, 0.1) is 22.9 Å². The van der Waals surface area contributed by atoms with Gasteiger partial charge in [-0.1, -0.05) is 0 Å². The van der Waals surface area contributed by atoms with Gasteiger partial charge in [-0.25, -0.2) is 21.6 Å². The zero-order valence-corrected chi connectivity index (χ0v) is 13.7. The van der Waals surface area contributed by atoms with Gasteiger partial charge in [0.1, 0.15) is 0 Å². The minimum atomic E-state index is -3.53. The second kappa shape index (κ2) is 7.36. The van der Waals surface area contributed by atoms with Crippen LogP contribution in [0.25, 0.3) is 0 Å². The first kappa shape index (κ1) is 17.1. The maximum Gasteiger partial charge on any atom is 0.215 e. The molecule has 0 amide bonds. The Kier molecular flexibility index (Phi) is 6.01. The van der Waals surface area contributed by atoms with E-state index in [4.69, 9.17) is 4.74 Å². The molecular weight excluding hydrogens is 316 g/mol. The SMILES string of the molecule is O=S1(=O)CCC(S(=O)(=O)NCCCOC2CCNCC2)C1. The molecule has 2 aliphatic heterocycles. The first-order valence-electron chi connectivity index (χ1n) is 7.40. The minimum Gasteiger partial charge on any atom is -0.378 e. The van der Waals surface area contributed by atoms with Crippen molar-refractivity contribution in [3.05, 3.63) is 0 Å². The summed E-state index contributed by atoms with van der Waals surface area (Å²) in [6.45, 7) is 2.75. The van der Waals surface area contributed by atoms with E-state index in [1.54, 1.807) is 0 Å². The molecule has 0 spiro atoms. The van der Waals surface area contributed by atoms with Gasteiger partial charge in [0.15, 0.2) is 9.84 Å². The van der Waals surface area contributed by atoms with Crippen molar-refractivity contribution < 1.29 is 21.6 Å². The average molecular weight is 340 g/mol. The van der Waals surface area contributed by atoms with Gasteiger partial charge >= 0.3 is 0 Å². The van der Waals surface area contributed by atoms with Gasteiger partial charge in [-0.3, -0.25) is 0 Å². The van der Waals surface area contributed by atoms with E-state index in [2.05, 4.69) is 10.0 Å². The number of hydrogen-bond donors (Lipinski definition) is 2. The molecule has 0 aromatic carbocycles. The average Bonchev–Trinajstić information content (AvgIpc) is 2.81. The first-order chi connectivity index (χ1) is 9.89. The van der Waals surface area contributed by atoms with Gasteiger partial charge in [0.25, 0.3) is 0 Å². The van der Waals surface area contributed by atoms with Crippen LogP contribution in [0.1, 0.15) is 25.7 Å². The van der Waals surface area contributed by atoms with Gasteiger partial charge < -0.3 is 10.1 Å². The summed E-state index contributed by atoms with van der Waals surface area (Å²) in [5.74, 6) is -0.286. The zero-order valence-electron chi connectivity index (χ0n) is 12.1. The minimum absolute atomic E-state index is 0.0304. The van der Waals surface area contributed by atoms with Gasteiger partial charge in [-0.2, -0.15) is 0 Å². The number of ether oxygens (including phenoxy) is 1. The van der Waals surface area contributed by atoms with E-state index < -0.39 is 25.1 Å². The highest BCUT2D eigenvalue weighted by molar-refractivity contribution is 7.95. The smallest absolute Gasteiger partial charge is 0.215 e. The fraction of sp³-hybridized carbons (Fsp3) is 1.00. The van der Waals surface area contributed by atoms with E-state index in [0.717, 1.165) is 25.9 Å². The van der Waals surface area contributed by atoms with Crippen LogP contribution in [0.4, 0.5) is 0 Å². The van der Waals surface area contributed by atoms with Crippen LogP contribution in [0.15, 0.2) is 0 Å². The molecule has 0 bridgehead atoms. The molecule has 0 saturated carbocycles. The molecule has 21 heavy (non-hydrogen) atoms.